The monoisotopic (exact) mass is 1200 g/mol. The molecule has 0 unspecified atom stereocenters. The van der Waals surface area contributed by atoms with Crippen molar-refractivity contribution in [3.8, 4) is 0 Å². The van der Waals surface area contributed by atoms with E-state index in [1.54, 1.807) is 0 Å². The van der Waals surface area contributed by atoms with Crippen LogP contribution in [0.1, 0.15) is 388 Å². The fourth-order valence-corrected chi connectivity index (χ4v) is 12.3. The van der Waals surface area contributed by atoms with Crippen LogP contribution in [0.4, 0.5) is 0 Å². The predicted octanol–water partition coefficient (Wildman–Crippen LogP) is 20.3. The van der Waals surface area contributed by atoms with Crippen LogP contribution in [-0.4, -0.2) is 119 Å². The lowest BCUT2D eigenvalue weighted by Crippen LogP contribution is -2.30. The second-order valence-corrected chi connectivity index (χ2v) is 26.2. The molecule has 10 nitrogen and oxygen atoms in total. The molecule has 0 spiro atoms. The highest BCUT2D eigenvalue weighted by molar-refractivity contribution is 5.69. The van der Waals surface area contributed by atoms with E-state index in [0.717, 1.165) is 199 Å². The average molecular weight is 1200 g/mol. The molecule has 0 aromatic heterocycles. The molecule has 10 heteroatoms. The van der Waals surface area contributed by atoms with E-state index in [-0.39, 0.29) is 25.2 Å². The van der Waals surface area contributed by atoms with Gasteiger partial charge in [-0.15, -0.1) is 0 Å². The summed E-state index contributed by atoms with van der Waals surface area (Å²) in [5.41, 5.74) is -1.11. The number of hydrogen-bond acceptors (Lipinski definition) is 10. The molecular formula is C74H150N2O8. The van der Waals surface area contributed by atoms with E-state index in [2.05, 4.69) is 51.3 Å². The van der Waals surface area contributed by atoms with Gasteiger partial charge < -0.3 is 39.7 Å². The zero-order valence-corrected chi connectivity index (χ0v) is 57.6. The van der Waals surface area contributed by atoms with Crippen LogP contribution < -0.4 is 0 Å². The lowest BCUT2D eigenvalue weighted by Gasteiger charge is -2.29. The summed E-state index contributed by atoms with van der Waals surface area (Å²) >= 11 is 0. The van der Waals surface area contributed by atoms with E-state index < -0.39 is 11.2 Å². The number of unbranched alkanes of at least 4 members (excludes halogenated alkanes) is 34. The van der Waals surface area contributed by atoms with Crippen LogP contribution in [0.15, 0.2) is 0 Å². The number of ether oxygens (including phenoxy) is 2. The van der Waals surface area contributed by atoms with E-state index >= 15 is 0 Å². The van der Waals surface area contributed by atoms with E-state index in [4.69, 9.17) is 19.7 Å². The number of esters is 2. The molecular weight excluding hydrogens is 1040 g/mol. The first kappa shape index (κ1) is 84.8. The van der Waals surface area contributed by atoms with Gasteiger partial charge in [0.15, 0.2) is 0 Å². The van der Waals surface area contributed by atoms with Crippen molar-refractivity contribution in [1.29, 1.82) is 0 Å². The summed E-state index contributed by atoms with van der Waals surface area (Å²) in [6.07, 6.45) is 60.4. The molecule has 0 aromatic carbocycles. The molecule has 0 bridgehead atoms. The third-order valence-electron chi connectivity index (χ3n) is 17.6. The summed E-state index contributed by atoms with van der Waals surface area (Å²) < 4.78 is 11.1. The summed E-state index contributed by atoms with van der Waals surface area (Å²) in [5, 5.41) is 40.8. The standard InChI is InChI=1S/C51H101NO5.C23H49NO3/c1-5-9-11-13-15-17-19-21-23-25-31-39-49(53)56-47-37-29-27-33-41-51(55,43-35-36-46-52(44-7-3)45-8-4)42-34-28-30-38-48-57-50(54)40-32-26-24-22-20-18-16-14-12-10-6-2;1-3-18-24(19-4-2)20-12-11-17-23(27,15-9-5-7-13-21-25)16-10-6-8-14-22-26/h55H,5-48H2,1-4H3;25-27H,3-22H2,1-2H3. The van der Waals surface area contributed by atoms with E-state index in [1.165, 1.54) is 174 Å². The van der Waals surface area contributed by atoms with Gasteiger partial charge in [-0.1, -0.05) is 247 Å². The van der Waals surface area contributed by atoms with Gasteiger partial charge in [0.05, 0.1) is 24.4 Å². The Morgan fingerprint density at radius 1 is 0.274 bits per heavy atom. The van der Waals surface area contributed by atoms with E-state index in [1.807, 2.05) is 0 Å². The third kappa shape index (κ3) is 62.3. The van der Waals surface area contributed by atoms with Crippen molar-refractivity contribution in [3.63, 3.8) is 0 Å². The lowest BCUT2D eigenvalue weighted by molar-refractivity contribution is -0.144. The number of aliphatic hydroxyl groups is 4. The Labute approximate surface area is 524 Å². The molecule has 0 aromatic rings. The Morgan fingerprint density at radius 2 is 0.500 bits per heavy atom. The molecule has 0 aliphatic carbocycles. The van der Waals surface area contributed by atoms with Crippen LogP contribution in [0.25, 0.3) is 0 Å². The predicted molar refractivity (Wildman–Crippen MR) is 362 cm³/mol. The Balaban J connectivity index is 0. The topological polar surface area (TPSA) is 140 Å². The highest BCUT2D eigenvalue weighted by atomic mass is 16.5. The van der Waals surface area contributed by atoms with Crippen LogP contribution in [0.2, 0.25) is 0 Å². The van der Waals surface area contributed by atoms with Gasteiger partial charge in [0.1, 0.15) is 0 Å². The van der Waals surface area contributed by atoms with Crippen molar-refractivity contribution < 1.29 is 39.5 Å². The minimum Gasteiger partial charge on any atom is -0.466 e. The molecule has 0 saturated heterocycles. The molecule has 504 valence electrons. The maximum absolute atomic E-state index is 12.2. The van der Waals surface area contributed by atoms with Crippen LogP contribution in [0, 0.1) is 0 Å². The molecule has 0 heterocycles. The van der Waals surface area contributed by atoms with Crippen molar-refractivity contribution in [2.75, 3.05) is 65.7 Å². The molecule has 4 N–H and O–H groups in total. The second kappa shape index (κ2) is 67.6. The summed E-state index contributed by atoms with van der Waals surface area (Å²) in [6, 6.07) is 0. The largest absolute Gasteiger partial charge is 0.466 e. The first-order valence-corrected chi connectivity index (χ1v) is 37.4. The minimum atomic E-state index is -0.595. The van der Waals surface area contributed by atoms with Crippen molar-refractivity contribution in [2.45, 2.75) is 399 Å². The number of rotatable bonds is 68. The quantitative estimate of drug-likeness (QED) is 0.0344. The number of carbonyl (C=O) groups excluding carboxylic acids is 2. The summed E-state index contributed by atoms with van der Waals surface area (Å²) in [6.45, 7) is 22.2. The fraction of sp³-hybridized carbons (Fsp3) is 0.973. The molecule has 0 atom stereocenters. The van der Waals surface area contributed by atoms with Gasteiger partial charge in [0.25, 0.3) is 0 Å². The number of carbonyl (C=O) groups is 2. The smallest absolute Gasteiger partial charge is 0.305 e. The molecule has 0 radical (unpaired) electrons. The molecule has 0 amide bonds. The Kier molecular flexibility index (Phi) is 68.2. The van der Waals surface area contributed by atoms with Gasteiger partial charge in [-0.3, -0.25) is 9.59 Å². The first-order chi connectivity index (χ1) is 41.0. The molecule has 84 heavy (non-hydrogen) atoms. The summed E-state index contributed by atoms with van der Waals surface area (Å²) in [4.78, 5) is 29.5. The Bertz CT molecular complexity index is 1230. The molecule has 0 aliphatic rings. The summed E-state index contributed by atoms with van der Waals surface area (Å²) in [7, 11) is 0. The molecule has 0 saturated carbocycles. The Hall–Kier alpha value is -1.30. The minimum absolute atomic E-state index is 0.0329. The highest BCUT2D eigenvalue weighted by Gasteiger charge is 2.27. The van der Waals surface area contributed by atoms with Crippen molar-refractivity contribution >= 4 is 11.9 Å². The molecule has 0 aliphatic heterocycles. The number of nitrogens with zero attached hydrogens (tertiary/aromatic N) is 2. The maximum Gasteiger partial charge on any atom is 0.305 e. The zero-order chi connectivity index (χ0) is 62.0. The molecule has 0 fully saturated rings. The van der Waals surface area contributed by atoms with Crippen molar-refractivity contribution in [3.05, 3.63) is 0 Å². The van der Waals surface area contributed by atoms with Gasteiger partial charge in [-0.2, -0.15) is 0 Å². The van der Waals surface area contributed by atoms with Gasteiger partial charge in [-0.05, 0) is 168 Å². The number of aliphatic hydroxyl groups excluding tert-OH is 2. The van der Waals surface area contributed by atoms with E-state index in [0.29, 0.717) is 26.1 Å². The first-order valence-electron chi connectivity index (χ1n) is 37.4. The van der Waals surface area contributed by atoms with Crippen LogP contribution in [0.3, 0.4) is 0 Å². The lowest BCUT2D eigenvalue weighted by atomic mass is 9.85. The van der Waals surface area contributed by atoms with Crippen LogP contribution >= 0.6 is 0 Å². The average Bonchev–Trinajstić information content (AvgIpc) is 3.60. The van der Waals surface area contributed by atoms with E-state index in [9.17, 15) is 19.8 Å². The molecule has 0 rings (SSSR count). The highest BCUT2D eigenvalue weighted by Crippen LogP contribution is 2.30. The SMILES string of the molecule is CCCCCCCCCCCCCC(=O)OCCCCCCC(O)(CCCCCCOC(=O)CCCCCCCCCCCCC)CCCCN(CCC)CCC.CCCN(CCC)CCCCC(O)(CCCCCCO)CCCCCCO. The van der Waals surface area contributed by atoms with Crippen molar-refractivity contribution in [2.24, 2.45) is 0 Å². The third-order valence-corrected chi connectivity index (χ3v) is 17.6. The van der Waals surface area contributed by atoms with Gasteiger partial charge >= 0.3 is 11.9 Å². The van der Waals surface area contributed by atoms with Crippen LogP contribution in [0.5, 0.6) is 0 Å². The second-order valence-electron chi connectivity index (χ2n) is 26.2. The Morgan fingerprint density at radius 3 is 0.762 bits per heavy atom. The van der Waals surface area contributed by atoms with Crippen LogP contribution in [-0.2, 0) is 19.1 Å². The zero-order valence-electron chi connectivity index (χ0n) is 57.6. The van der Waals surface area contributed by atoms with Gasteiger partial charge in [-0.25, -0.2) is 0 Å². The van der Waals surface area contributed by atoms with Crippen molar-refractivity contribution in [1.82, 2.24) is 9.80 Å². The summed E-state index contributed by atoms with van der Waals surface area (Å²) in [5.74, 6) is -0.0658. The van der Waals surface area contributed by atoms with Gasteiger partial charge in [0, 0.05) is 26.1 Å². The maximum atomic E-state index is 12.2. The number of hydrogen-bond donors (Lipinski definition) is 4. The fourth-order valence-electron chi connectivity index (χ4n) is 12.3. The van der Waals surface area contributed by atoms with Gasteiger partial charge in [0.2, 0.25) is 0 Å². The normalized spacial score (nSPS) is 12.0.